The lowest BCUT2D eigenvalue weighted by molar-refractivity contribution is 0.402. The molecule has 0 radical (unpaired) electrons. The molecule has 0 bridgehead atoms. The minimum atomic E-state index is 0.580. The number of ether oxygens (including phenoxy) is 1. The second-order valence-corrected chi connectivity index (χ2v) is 3.68. The summed E-state index contributed by atoms with van der Waals surface area (Å²) in [7, 11) is 1.60. The lowest BCUT2D eigenvalue weighted by Crippen LogP contribution is -1.92. The summed E-state index contributed by atoms with van der Waals surface area (Å²) in [6.07, 6.45) is 3.52. The van der Waals surface area contributed by atoms with Crippen molar-refractivity contribution < 1.29 is 4.74 Å². The van der Waals surface area contributed by atoms with Gasteiger partial charge in [0.15, 0.2) is 0 Å². The predicted octanol–water partition coefficient (Wildman–Crippen LogP) is 2.24. The summed E-state index contributed by atoms with van der Waals surface area (Å²) in [6, 6.07) is 3.91. The number of hydrogen-bond donors (Lipinski definition) is 0. The fourth-order valence-corrected chi connectivity index (χ4v) is 1.74. The number of rotatable bonds is 1. The van der Waals surface area contributed by atoms with Crippen LogP contribution in [0.5, 0.6) is 5.88 Å². The lowest BCUT2D eigenvalue weighted by Gasteiger charge is -2.03. The molecule has 0 N–H and O–H groups in total. The van der Waals surface area contributed by atoms with Crippen molar-refractivity contribution in [3.8, 4) is 5.88 Å². The van der Waals surface area contributed by atoms with Crippen LogP contribution in [0.4, 0.5) is 0 Å². The highest BCUT2D eigenvalue weighted by Gasteiger charge is 2.05. The lowest BCUT2D eigenvalue weighted by atomic mass is 10.2. The van der Waals surface area contributed by atoms with Crippen LogP contribution in [0.3, 0.4) is 0 Å². The molecule has 0 aliphatic rings. The summed E-state index contributed by atoms with van der Waals surface area (Å²) < 4.78 is 6.19. The SMILES string of the molecule is COc1ncc(I)c2cccnc12. The van der Waals surface area contributed by atoms with Gasteiger partial charge in [0.1, 0.15) is 5.52 Å². The van der Waals surface area contributed by atoms with Crippen molar-refractivity contribution in [2.24, 2.45) is 0 Å². The maximum absolute atomic E-state index is 5.11. The van der Waals surface area contributed by atoms with E-state index < -0.39 is 0 Å². The van der Waals surface area contributed by atoms with Crippen molar-refractivity contribution in [2.75, 3.05) is 7.11 Å². The van der Waals surface area contributed by atoms with Gasteiger partial charge in [0.05, 0.1) is 7.11 Å². The summed E-state index contributed by atoms with van der Waals surface area (Å²) >= 11 is 2.23. The molecule has 0 atom stereocenters. The van der Waals surface area contributed by atoms with Gasteiger partial charge in [0.25, 0.3) is 0 Å². The second kappa shape index (κ2) is 3.45. The van der Waals surface area contributed by atoms with Crippen LogP contribution in [0.2, 0.25) is 0 Å². The molecule has 13 heavy (non-hydrogen) atoms. The van der Waals surface area contributed by atoms with E-state index in [1.54, 1.807) is 19.5 Å². The molecule has 2 rings (SSSR count). The topological polar surface area (TPSA) is 35.0 Å². The van der Waals surface area contributed by atoms with Gasteiger partial charge < -0.3 is 4.74 Å². The Morgan fingerprint density at radius 3 is 3.00 bits per heavy atom. The van der Waals surface area contributed by atoms with Gasteiger partial charge in [-0.25, -0.2) is 4.98 Å². The number of fused-ring (bicyclic) bond motifs is 1. The van der Waals surface area contributed by atoms with Gasteiger partial charge in [0, 0.05) is 21.4 Å². The highest BCUT2D eigenvalue weighted by atomic mass is 127. The average molecular weight is 286 g/mol. The molecule has 4 heteroatoms. The minimum Gasteiger partial charge on any atom is -0.479 e. The van der Waals surface area contributed by atoms with E-state index in [0.717, 1.165) is 14.5 Å². The molecule has 0 fully saturated rings. The Kier molecular flexibility index (Phi) is 2.30. The number of nitrogens with zero attached hydrogens (tertiary/aromatic N) is 2. The third kappa shape index (κ3) is 1.46. The molecule has 0 unspecified atom stereocenters. The maximum atomic E-state index is 5.11. The first-order valence-electron chi connectivity index (χ1n) is 3.76. The van der Waals surface area contributed by atoms with Gasteiger partial charge in [-0.3, -0.25) is 4.98 Å². The minimum absolute atomic E-state index is 0.580. The Morgan fingerprint density at radius 1 is 1.38 bits per heavy atom. The Morgan fingerprint density at radius 2 is 2.23 bits per heavy atom. The van der Waals surface area contributed by atoms with Gasteiger partial charge in [-0.2, -0.15) is 0 Å². The first-order valence-corrected chi connectivity index (χ1v) is 4.84. The zero-order valence-electron chi connectivity index (χ0n) is 6.99. The van der Waals surface area contributed by atoms with E-state index in [2.05, 4.69) is 32.6 Å². The molecule has 0 aliphatic heterocycles. The second-order valence-electron chi connectivity index (χ2n) is 2.51. The Hall–Kier alpha value is -0.910. The molecule has 0 saturated heterocycles. The van der Waals surface area contributed by atoms with E-state index in [9.17, 15) is 0 Å². The third-order valence-corrected chi connectivity index (χ3v) is 2.62. The first-order chi connectivity index (χ1) is 6.33. The van der Waals surface area contributed by atoms with E-state index in [1.807, 2.05) is 12.1 Å². The third-order valence-electron chi connectivity index (χ3n) is 1.76. The first kappa shape index (κ1) is 8.68. The molecule has 0 aromatic carbocycles. The van der Waals surface area contributed by atoms with Crippen molar-refractivity contribution >= 4 is 33.5 Å². The summed E-state index contributed by atoms with van der Waals surface area (Å²) in [5, 5.41) is 1.08. The fourth-order valence-electron chi connectivity index (χ4n) is 1.16. The van der Waals surface area contributed by atoms with Crippen LogP contribution in [0.15, 0.2) is 24.5 Å². The summed E-state index contributed by atoms with van der Waals surface area (Å²) in [5.41, 5.74) is 0.817. The highest BCUT2D eigenvalue weighted by molar-refractivity contribution is 14.1. The zero-order chi connectivity index (χ0) is 9.26. The van der Waals surface area contributed by atoms with Crippen LogP contribution < -0.4 is 4.74 Å². The molecule has 0 aliphatic carbocycles. The standard InChI is InChI=1S/C9H7IN2O/c1-13-9-8-6(3-2-4-11-8)7(10)5-12-9/h2-5H,1H3. The van der Waals surface area contributed by atoms with Crippen molar-refractivity contribution in [1.29, 1.82) is 0 Å². The summed E-state index contributed by atoms with van der Waals surface area (Å²) in [5.74, 6) is 0.580. The van der Waals surface area contributed by atoms with Gasteiger partial charge in [-0.15, -0.1) is 0 Å². The molecule has 66 valence electrons. The molecule has 0 saturated carbocycles. The van der Waals surface area contributed by atoms with E-state index in [4.69, 9.17) is 4.74 Å². The Balaban J connectivity index is 2.84. The molecular formula is C9H7IN2O. The van der Waals surface area contributed by atoms with Crippen LogP contribution in [0.1, 0.15) is 0 Å². The van der Waals surface area contributed by atoms with E-state index in [-0.39, 0.29) is 0 Å². The van der Waals surface area contributed by atoms with Gasteiger partial charge in [0.2, 0.25) is 5.88 Å². The molecule has 2 aromatic rings. The monoisotopic (exact) mass is 286 g/mol. The molecule has 3 nitrogen and oxygen atoms in total. The van der Waals surface area contributed by atoms with Crippen molar-refractivity contribution in [3.05, 3.63) is 28.1 Å². The van der Waals surface area contributed by atoms with Crippen LogP contribution in [0.25, 0.3) is 10.9 Å². The molecule has 0 spiro atoms. The van der Waals surface area contributed by atoms with Crippen molar-refractivity contribution in [1.82, 2.24) is 9.97 Å². The number of aromatic nitrogens is 2. The maximum Gasteiger partial charge on any atom is 0.240 e. The van der Waals surface area contributed by atoms with Gasteiger partial charge >= 0.3 is 0 Å². The summed E-state index contributed by atoms with van der Waals surface area (Å²) in [4.78, 5) is 8.35. The van der Waals surface area contributed by atoms with E-state index >= 15 is 0 Å². The van der Waals surface area contributed by atoms with Crippen LogP contribution in [-0.2, 0) is 0 Å². The predicted molar refractivity (Wildman–Crippen MR) is 58.8 cm³/mol. The molecule has 2 aromatic heterocycles. The van der Waals surface area contributed by atoms with Gasteiger partial charge in [-0.05, 0) is 34.7 Å². The molecule has 2 heterocycles. The largest absolute Gasteiger partial charge is 0.479 e. The summed E-state index contributed by atoms with van der Waals surface area (Å²) in [6.45, 7) is 0. The Labute approximate surface area is 89.3 Å². The van der Waals surface area contributed by atoms with Crippen molar-refractivity contribution in [3.63, 3.8) is 0 Å². The number of halogens is 1. The smallest absolute Gasteiger partial charge is 0.240 e. The molecule has 0 amide bonds. The average Bonchev–Trinajstić information content (AvgIpc) is 2.19. The number of methoxy groups -OCH3 is 1. The van der Waals surface area contributed by atoms with Crippen LogP contribution >= 0.6 is 22.6 Å². The van der Waals surface area contributed by atoms with Crippen molar-refractivity contribution in [2.45, 2.75) is 0 Å². The quantitative estimate of drug-likeness (QED) is 0.754. The fraction of sp³-hybridized carbons (Fsp3) is 0.111. The van der Waals surface area contributed by atoms with Crippen LogP contribution in [-0.4, -0.2) is 17.1 Å². The van der Waals surface area contributed by atoms with Gasteiger partial charge in [-0.1, -0.05) is 0 Å². The van der Waals surface area contributed by atoms with E-state index in [1.165, 1.54) is 0 Å². The Bertz CT molecular complexity index is 445. The van der Waals surface area contributed by atoms with E-state index in [0.29, 0.717) is 5.88 Å². The normalized spacial score (nSPS) is 10.3. The zero-order valence-corrected chi connectivity index (χ0v) is 9.15. The number of hydrogen-bond acceptors (Lipinski definition) is 3. The number of pyridine rings is 2. The van der Waals surface area contributed by atoms with Crippen LogP contribution in [0, 0.1) is 3.57 Å². The molecular weight excluding hydrogens is 279 g/mol. The highest BCUT2D eigenvalue weighted by Crippen LogP contribution is 2.24.